The molecule has 8 nitrogen and oxygen atoms in total. The van der Waals surface area contributed by atoms with Gasteiger partial charge in [-0.15, -0.1) is 0 Å². The monoisotopic (exact) mass is 411 g/mol. The maximum atomic E-state index is 12.8. The van der Waals surface area contributed by atoms with Crippen molar-refractivity contribution in [1.82, 2.24) is 0 Å². The number of nitrogens with one attached hydrogen (secondary N) is 1. The molecule has 0 aromatic heterocycles. The van der Waals surface area contributed by atoms with Crippen LogP contribution in [0, 0.1) is 17.0 Å². The summed E-state index contributed by atoms with van der Waals surface area (Å²) in [5, 5.41) is 11.5. The van der Waals surface area contributed by atoms with E-state index < -0.39 is 14.9 Å². The van der Waals surface area contributed by atoms with Gasteiger partial charge in [0.15, 0.2) is 0 Å². The predicted octanol–water partition coefficient (Wildman–Crippen LogP) is 3.19. The van der Waals surface area contributed by atoms with Crippen molar-refractivity contribution < 1.29 is 18.1 Å². The molecule has 27 heavy (non-hydrogen) atoms. The standard InChI is InChI=1S/C17H18ClN3O5S/c1-12-2-4-14(11-17(12)21(22)23)27(24,25)19-15-10-13(18)3-5-16(15)20-6-8-26-9-7-20/h2-5,10-11,19H,6-9H2,1H3. The molecule has 1 fully saturated rings. The zero-order chi connectivity index (χ0) is 19.6. The highest BCUT2D eigenvalue weighted by Crippen LogP contribution is 2.32. The fourth-order valence-corrected chi connectivity index (χ4v) is 4.08. The fraction of sp³-hybridized carbons (Fsp3) is 0.294. The summed E-state index contributed by atoms with van der Waals surface area (Å²) in [6.07, 6.45) is 0. The number of hydrogen-bond donors (Lipinski definition) is 1. The highest BCUT2D eigenvalue weighted by atomic mass is 35.5. The first kappa shape index (κ1) is 19.4. The Morgan fingerprint density at radius 2 is 1.89 bits per heavy atom. The molecule has 0 bridgehead atoms. The Morgan fingerprint density at radius 1 is 1.19 bits per heavy atom. The van der Waals surface area contributed by atoms with Gasteiger partial charge in [0.05, 0.1) is 34.4 Å². The molecule has 10 heteroatoms. The normalized spacial score (nSPS) is 14.8. The zero-order valence-electron chi connectivity index (χ0n) is 14.5. The van der Waals surface area contributed by atoms with Crippen molar-refractivity contribution in [3.8, 4) is 0 Å². The average Bonchev–Trinajstić information content (AvgIpc) is 2.62. The van der Waals surface area contributed by atoms with Crippen LogP contribution >= 0.6 is 11.6 Å². The molecule has 0 aliphatic carbocycles. The lowest BCUT2D eigenvalue weighted by atomic mass is 10.2. The number of halogens is 1. The molecule has 2 aromatic carbocycles. The SMILES string of the molecule is Cc1ccc(S(=O)(=O)Nc2cc(Cl)ccc2N2CCOCC2)cc1[N+](=O)[O-]. The summed E-state index contributed by atoms with van der Waals surface area (Å²) in [5.74, 6) is 0. The van der Waals surface area contributed by atoms with E-state index in [1.807, 2.05) is 4.90 Å². The summed E-state index contributed by atoms with van der Waals surface area (Å²) in [6.45, 7) is 3.87. The molecule has 0 atom stereocenters. The smallest absolute Gasteiger partial charge is 0.273 e. The third-order valence-corrected chi connectivity index (χ3v) is 5.84. The van der Waals surface area contributed by atoms with Crippen LogP contribution in [0.5, 0.6) is 0 Å². The van der Waals surface area contributed by atoms with Gasteiger partial charge < -0.3 is 9.64 Å². The molecule has 3 rings (SSSR count). The zero-order valence-corrected chi connectivity index (χ0v) is 16.1. The maximum absolute atomic E-state index is 12.8. The van der Waals surface area contributed by atoms with Gasteiger partial charge in [0.1, 0.15) is 0 Å². The van der Waals surface area contributed by atoms with E-state index in [9.17, 15) is 18.5 Å². The molecular weight excluding hydrogens is 394 g/mol. The van der Waals surface area contributed by atoms with E-state index in [-0.39, 0.29) is 10.6 Å². The van der Waals surface area contributed by atoms with E-state index in [2.05, 4.69) is 4.72 Å². The largest absolute Gasteiger partial charge is 0.378 e. The Hall–Kier alpha value is -2.36. The molecule has 0 radical (unpaired) electrons. The van der Waals surface area contributed by atoms with Crippen LogP contribution in [-0.4, -0.2) is 39.6 Å². The molecule has 1 N–H and O–H groups in total. The van der Waals surface area contributed by atoms with Gasteiger partial charge in [0.25, 0.3) is 15.7 Å². The van der Waals surface area contributed by atoms with Crippen LogP contribution in [0.15, 0.2) is 41.3 Å². The molecule has 1 saturated heterocycles. The molecule has 0 unspecified atom stereocenters. The second kappa shape index (κ2) is 7.71. The number of morpholine rings is 1. The summed E-state index contributed by atoms with van der Waals surface area (Å²) in [4.78, 5) is 12.3. The molecule has 1 heterocycles. The lowest BCUT2D eigenvalue weighted by Crippen LogP contribution is -2.36. The quantitative estimate of drug-likeness (QED) is 0.598. The minimum absolute atomic E-state index is 0.187. The van der Waals surface area contributed by atoms with Crippen LogP contribution in [-0.2, 0) is 14.8 Å². The molecular formula is C17H18ClN3O5S. The van der Waals surface area contributed by atoms with Gasteiger partial charge in [-0.3, -0.25) is 14.8 Å². The number of ether oxygens (including phenoxy) is 1. The van der Waals surface area contributed by atoms with Gasteiger partial charge in [0.2, 0.25) is 0 Å². The van der Waals surface area contributed by atoms with E-state index in [1.54, 1.807) is 19.1 Å². The molecule has 1 aliphatic rings. The van der Waals surface area contributed by atoms with E-state index in [0.29, 0.717) is 48.3 Å². The van der Waals surface area contributed by atoms with Crippen LogP contribution in [0.2, 0.25) is 5.02 Å². The number of sulfonamides is 1. The van der Waals surface area contributed by atoms with Crippen molar-refractivity contribution in [2.75, 3.05) is 35.9 Å². The summed E-state index contributed by atoms with van der Waals surface area (Å²) in [7, 11) is -4.04. The number of nitro groups is 1. The molecule has 0 saturated carbocycles. The Kier molecular flexibility index (Phi) is 5.54. The van der Waals surface area contributed by atoms with Crippen molar-refractivity contribution in [3.05, 3.63) is 57.1 Å². The predicted molar refractivity (Wildman–Crippen MR) is 103 cm³/mol. The topological polar surface area (TPSA) is 102 Å². The van der Waals surface area contributed by atoms with Gasteiger partial charge in [-0.2, -0.15) is 0 Å². The van der Waals surface area contributed by atoms with E-state index in [4.69, 9.17) is 16.3 Å². The number of rotatable bonds is 5. The van der Waals surface area contributed by atoms with Crippen LogP contribution in [0.4, 0.5) is 17.1 Å². The Morgan fingerprint density at radius 3 is 2.56 bits per heavy atom. The summed E-state index contributed by atoms with van der Waals surface area (Å²) < 4.78 is 33.5. The molecule has 1 aliphatic heterocycles. The second-order valence-electron chi connectivity index (χ2n) is 6.07. The first-order valence-electron chi connectivity index (χ1n) is 8.18. The summed E-state index contributed by atoms with van der Waals surface area (Å²) in [6, 6.07) is 8.74. The minimum Gasteiger partial charge on any atom is -0.378 e. The molecule has 0 spiro atoms. The van der Waals surface area contributed by atoms with Crippen LogP contribution in [0.25, 0.3) is 0 Å². The number of hydrogen-bond acceptors (Lipinski definition) is 6. The van der Waals surface area contributed by atoms with Gasteiger partial charge in [-0.1, -0.05) is 17.7 Å². The van der Waals surface area contributed by atoms with Gasteiger partial charge in [-0.25, -0.2) is 8.42 Å². The number of benzene rings is 2. The summed E-state index contributed by atoms with van der Waals surface area (Å²) >= 11 is 6.05. The number of aryl methyl sites for hydroxylation is 1. The van der Waals surface area contributed by atoms with Crippen molar-refractivity contribution in [1.29, 1.82) is 0 Å². The average molecular weight is 412 g/mol. The molecule has 144 valence electrons. The number of anilines is 2. The lowest BCUT2D eigenvalue weighted by molar-refractivity contribution is -0.385. The van der Waals surface area contributed by atoms with E-state index >= 15 is 0 Å². The second-order valence-corrected chi connectivity index (χ2v) is 8.19. The summed E-state index contributed by atoms with van der Waals surface area (Å²) in [5.41, 5.74) is 1.12. The minimum atomic E-state index is -4.04. The fourth-order valence-electron chi connectivity index (χ4n) is 2.83. The van der Waals surface area contributed by atoms with E-state index in [0.717, 1.165) is 6.07 Å². The first-order chi connectivity index (χ1) is 12.8. The van der Waals surface area contributed by atoms with Crippen LogP contribution in [0.1, 0.15) is 5.56 Å². The van der Waals surface area contributed by atoms with Gasteiger partial charge >= 0.3 is 0 Å². The van der Waals surface area contributed by atoms with Gasteiger partial charge in [0, 0.05) is 29.7 Å². The van der Waals surface area contributed by atoms with Crippen molar-refractivity contribution in [2.45, 2.75) is 11.8 Å². The third-order valence-electron chi connectivity index (χ3n) is 4.24. The first-order valence-corrected chi connectivity index (χ1v) is 10.0. The lowest BCUT2D eigenvalue weighted by Gasteiger charge is -2.30. The highest BCUT2D eigenvalue weighted by Gasteiger charge is 2.23. The molecule has 0 amide bonds. The number of nitrogens with zero attached hydrogens (tertiary/aromatic N) is 2. The van der Waals surface area contributed by atoms with Crippen LogP contribution in [0.3, 0.4) is 0 Å². The highest BCUT2D eigenvalue weighted by molar-refractivity contribution is 7.92. The Balaban J connectivity index is 1.97. The van der Waals surface area contributed by atoms with Crippen molar-refractivity contribution >= 4 is 38.7 Å². The third kappa shape index (κ3) is 4.32. The van der Waals surface area contributed by atoms with Crippen LogP contribution < -0.4 is 9.62 Å². The molecule has 2 aromatic rings. The Bertz CT molecular complexity index is 975. The number of nitro benzene ring substituents is 1. The maximum Gasteiger partial charge on any atom is 0.273 e. The van der Waals surface area contributed by atoms with E-state index in [1.165, 1.54) is 18.2 Å². The van der Waals surface area contributed by atoms with Gasteiger partial charge in [-0.05, 0) is 31.2 Å². The Labute approximate surface area is 161 Å². The van der Waals surface area contributed by atoms with Crippen molar-refractivity contribution in [2.24, 2.45) is 0 Å². The van der Waals surface area contributed by atoms with Crippen molar-refractivity contribution in [3.63, 3.8) is 0 Å².